The Labute approximate surface area is 254 Å². The van der Waals surface area contributed by atoms with Crippen molar-refractivity contribution in [3.63, 3.8) is 0 Å². The molecule has 1 heterocycles. The average Bonchev–Trinajstić information content (AvgIpc) is 3.03. The van der Waals surface area contributed by atoms with Gasteiger partial charge in [-0.1, -0.05) is 72.8 Å². The maximum absolute atomic E-state index is 12.8. The van der Waals surface area contributed by atoms with Gasteiger partial charge in [-0.15, -0.1) is 0 Å². The Hall–Kier alpha value is -5.36. The van der Waals surface area contributed by atoms with E-state index < -0.39 is 27.8 Å². The lowest BCUT2D eigenvalue weighted by Gasteiger charge is -2.09. The fraction of sp³-hybridized carbons (Fsp3) is 0.156. The third-order valence-electron chi connectivity index (χ3n) is 6.30. The fourth-order valence-electron chi connectivity index (χ4n) is 3.96. The Kier molecular flexibility index (Phi) is 10.9. The third-order valence-corrected chi connectivity index (χ3v) is 7.65. The number of benzene rings is 3. The van der Waals surface area contributed by atoms with Gasteiger partial charge in [0.25, 0.3) is 21.8 Å². The van der Waals surface area contributed by atoms with Crippen molar-refractivity contribution in [3.8, 4) is 0 Å². The van der Waals surface area contributed by atoms with Crippen LogP contribution in [-0.2, 0) is 43.8 Å². The molecule has 0 unspecified atom stereocenters. The molecule has 0 fully saturated rings. The number of carbonyl (C=O) groups excluding carboxylic acids is 4. The molecular weight excluding hydrogens is 584 g/mol. The highest BCUT2D eigenvalue weighted by Gasteiger charge is 2.20. The van der Waals surface area contributed by atoms with Crippen molar-refractivity contribution < 1.29 is 32.3 Å². The number of nitrogens with zero attached hydrogens (tertiary/aromatic N) is 1. The van der Waals surface area contributed by atoms with Gasteiger partial charge in [0, 0.05) is 12.7 Å². The first kappa shape index (κ1) is 31.6. The summed E-state index contributed by atoms with van der Waals surface area (Å²) in [4.78, 5) is 52.7. The highest BCUT2D eigenvalue weighted by atomic mass is 32.2. The minimum absolute atomic E-state index is 0.0693. The first-order valence-electron chi connectivity index (χ1n) is 13.6. The molecule has 0 saturated heterocycles. The summed E-state index contributed by atoms with van der Waals surface area (Å²) in [5.74, 6) is -2.35. The van der Waals surface area contributed by atoms with Crippen molar-refractivity contribution in [2.45, 2.75) is 24.3 Å². The highest BCUT2D eigenvalue weighted by Crippen LogP contribution is 2.12. The molecule has 226 valence electrons. The van der Waals surface area contributed by atoms with Crippen molar-refractivity contribution in [2.75, 3.05) is 13.1 Å². The number of ether oxygens (including phenoxy) is 1. The molecule has 0 aliphatic carbocycles. The summed E-state index contributed by atoms with van der Waals surface area (Å²) in [6.45, 7) is 0.0727. The molecule has 3 amide bonds. The molecular formula is C32H30N4O7S. The zero-order valence-corrected chi connectivity index (χ0v) is 24.4. The van der Waals surface area contributed by atoms with Gasteiger partial charge in [0.1, 0.15) is 18.8 Å². The second-order valence-corrected chi connectivity index (χ2v) is 11.3. The van der Waals surface area contributed by atoms with E-state index in [0.29, 0.717) is 13.0 Å². The zero-order chi connectivity index (χ0) is 31.4. The van der Waals surface area contributed by atoms with Crippen LogP contribution in [0.15, 0.2) is 108 Å². The maximum atomic E-state index is 12.8. The second-order valence-electron chi connectivity index (χ2n) is 9.60. The van der Waals surface area contributed by atoms with Crippen LogP contribution in [0, 0.1) is 0 Å². The standard InChI is InChI=1S/C32H30N4O7S/c37-29(19-24-7-3-1-4-8-24)33-18-17-23-11-14-27(15-12-23)44(41,42)36-31(39)26-13-16-28(34-20-26)32(40)35-21-30(38)43-22-25-9-5-2-6-10-25/h1-16,20H,17-19,21-22H2,(H,33,37)(H,35,40)(H,36,39). The van der Waals surface area contributed by atoms with Gasteiger partial charge in [-0.3, -0.25) is 24.2 Å². The van der Waals surface area contributed by atoms with Gasteiger partial charge in [0.05, 0.1) is 16.9 Å². The van der Waals surface area contributed by atoms with Gasteiger partial charge in [-0.2, -0.15) is 0 Å². The van der Waals surface area contributed by atoms with E-state index in [0.717, 1.165) is 22.9 Å². The number of hydrogen-bond donors (Lipinski definition) is 3. The van der Waals surface area contributed by atoms with E-state index in [4.69, 9.17) is 4.74 Å². The van der Waals surface area contributed by atoms with Gasteiger partial charge in [-0.05, 0) is 47.4 Å². The minimum Gasteiger partial charge on any atom is -0.460 e. The number of aromatic nitrogens is 1. The Morgan fingerprint density at radius 2 is 1.36 bits per heavy atom. The van der Waals surface area contributed by atoms with E-state index in [2.05, 4.69) is 15.6 Å². The molecule has 3 N–H and O–H groups in total. The number of hydrogen-bond acceptors (Lipinski definition) is 8. The van der Waals surface area contributed by atoms with E-state index in [9.17, 15) is 27.6 Å². The number of sulfonamides is 1. The number of rotatable bonds is 13. The lowest BCUT2D eigenvalue weighted by Crippen LogP contribution is -2.32. The number of esters is 1. The van der Waals surface area contributed by atoms with Gasteiger partial charge >= 0.3 is 5.97 Å². The first-order chi connectivity index (χ1) is 21.2. The van der Waals surface area contributed by atoms with Crippen molar-refractivity contribution in [2.24, 2.45) is 0 Å². The maximum Gasteiger partial charge on any atom is 0.325 e. The summed E-state index contributed by atoms with van der Waals surface area (Å²) in [7, 11) is -4.19. The summed E-state index contributed by atoms with van der Waals surface area (Å²) in [5, 5.41) is 5.22. The van der Waals surface area contributed by atoms with Gasteiger partial charge < -0.3 is 15.4 Å². The number of amides is 3. The van der Waals surface area contributed by atoms with Crippen LogP contribution in [0.4, 0.5) is 0 Å². The third kappa shape index (κ3) is 9.60. The van der Waals surface area contributed by atoms with E-state index in [1.165, 1.54) is 24.3 Å². The van der Waals surface area contributed by atoms with Crippen molar-refractivity contribution in [1.82, 2.24) is 20.3 Å². The van der Waals surface area contributed by atoms with Gasteiger partial charge in [-0.25, -0.2) is 13.1 Å². The SMILES string of the molecule is O=C(Cc1ccccc1)NCCc1ccc(S(=O)(=O)NC(=O)c2ccc(C(=O)NCC(=O)OCc3ccccc3)nc2)cc1. The molecule has 1 aromatic heterocycles. The number of nitrogens with one attached hydrogen (secondary N) is 3. The normalized spacial score (nSPS) is 10.8. The van der Waals surface area contributed by atoms with E-state index >= 15 is 0 Å². The Balaban J connectivity index is 1.22. The Morgan fingerprint density at radius 3 is 2.00 bits per heavy atom. The van der Waals surface area contributed by atoms with Crippen LogP contribution in [0.2, 0.25) is 0 Å². The molecule has 0 atom stereocenters. The molecule has 0 bridgehead atoms. The molecule has 11 nitrogen and oxygen atoms in total. The van der Waals surface area contributed by atoms with Crippen LogP contribution >= 0.6 is 0 Å². The number of carbonyl (C=O) groups is 4. The summed E-state index contributed by atoms with van der Waals surface area (Å²) >= 11 is 0. The van der Waals surface area contributed by atoms with Crippen LogP contribution in [0.1, 0.15) is 37.5 Å². The minimum atomic E-state index is -4.19. The molecule has 12 heteroatoms. The number of pyridine rings is 1. The predicted octanol–water partition coefficient (Wildman–Crippen LogP) is 2.57. The van der Waals surface area contributed by atoms with Gasteiger partial charge in [0.15, 0.2) is 0 Å². The van der Waals surface area contributed by atoms with Crippen LogP contribution in [0.5, 0.6) is 0 Å². The van der Waals surface area contributed by atoms with Crippen LogP contribution in [-0.4, -0.2) is 50.2 Å². The average molecular weight is 615 g/mol. The molecule has 3 aromatic carbocycles. The van der Waals surface area contributed by atoms with E-state index in [-0.39, 0.29) is 41.6 Å². The molecule has 0 aliphatic heterocycles. The molecule has 4 rings (SSSR count). The molecule has 0 radical (unpaired) electrons. The summed E-state index contributed by atoms with van der Waals surface area (Å²) in [6, 6.07) is 26.9. The van der Waals surface area contributed by atoms with Gasteiger partial charge in [0.2, 0.25) is 5.91 Å². The smallest absolute Gasteiger partial charge is 0.325 e. The van der Waals surface area contributed by atoms with Crippen molar-refractivity contribution in [3.05, 3.63) is 131 Å². The molecule has 4 aromatic rings. The topological polar surface area (TPSA) is 161 Å². The van der Waals surface area contributed by atoms with Crippen LogP contribution < -0.4 is 15.4 Å². The van der Waals surface area contributed by atoms with E-state index in [1.807, 2.05) is 53.3 Å². The summed E-state index contributed by atoms with van der Waals surface area (Å²) < 4.78 is 32.6. The van der Waals surface area contributed by atoms with Crippen LogP contribution in [0.3, 0.4) is 0 Å². The van der Waals surface area contributed by atoms with Crippen molar-refractivity contribution >= 4 is 33.7 Å². The highest BCUT2D eigenvalue weighted by molar-refractivity contribution is 7.90. The second kappa shape index (κ2) is 15.2. The Bertz CT molecular complexity index is 1700. The lowest BCUT2D eigenvalue weighted by molar-refractivity contribution is -0.143. The molecule has 44 heavy (non-hydrogen) atoms. The predicted molar refractivity (Wildman–Crippen MR) is 161 cm³/mol. The molecule has 0 aliphatic rings. The quantitative estimate of drug-likeness (QED) is 0.194. The monoisotopic (exact) mass is 614 g/mol. The van der Waals surface area contributed by atoms with Crippen LogP contribution in [0.25, 0.3) is 0 Å². The molecule has 0 saturated carbocycles. The fourth-order valence-corrected chi connectivity index (χ4v) is 4.93. The summed E-state index contributed by atoms with van der Waals surface area (Å²) in [5.41, 5.74) is 2.35. The Morgan fingerprint density at radius 1 is 0.705 bits per heavy atom. The molecule has 0 spiro atoms. The first-order valence-corrected chi connectivity index (χ1v) is 15.1. The van der Waals surface area contributed by atoms with E-state index in [1.54, 1.807) is 24.3 Å². The van der Waals surface area contributed by atoms with Crippen molar-refractivity contribution in [1.29, 1.82) is 0 Å². The zero-order valence-electron chi connectivity index (χ0n) is 23.6. The summed E-state index contributed by atoms with van der Waals surface area (Å²) in [6.07, 6.45) is 1.82. The largest absolute Gasteiger partial charge is 0.460 e. The lowest BCUT2D eigenvalue weighted by atomic mass is 10.1.